The number of rotatable bonds is 5. The van der Waals surface area contributed by atoms with Crippen LogP contribution in [0, 0.1) is 17.2 Å². The van der Waals surface area contributed by atoms with Crippen LogP contribution >= 0.6 is 0 Å². The van der Waals surface area contributed by atoms with E-state index in [4.69, 9.17) is 10.00 Å². The minimum absolute atomic E-state index is 0.0526. The third kappa shape index (κ3) is 4.87. The van der Waals surface area contributed by atoms with Gasteiger partial charge in [-0.15, -0.1) is 0 Å². The topological polar surface area (TPSA) is 62.1 Å². The first-order valence-corrected chi connectivity index (χ1v) is 7.60. The highest BCUT2D eigenvalue weighted by Crippen LogP contribution is 2.26. The molecule has 0 bridgehead atoms. The van der Waals surface area contributed by atoms with Gasteiger partial charge >= 0.3 is 0 Å². The summed E-state index contributed by atoms with van der Waals surface area (Å²) < 4.78 is 5.84. The van der Waals surface area contributed by atoms with E-state index in [0.29, 0.717) is 36.3 Å². The number of nitrogens with one attached hydrogen (secondary N) is 1. The second-order valence-corrected chi connectivity index (χ2v) is 5.66. The molecular formula is C17H22N2O2. The molecule has 2 atom stereocenters. The fourth-order valence-corrected chi connectivity index (χ4v) is 2.68. The van der Waals surface area contributed by atoms with Crippen LogP contribution in [0.4, 0.5) is 5.69 Å². The Morgan fingerprint density at radius 2 is 2.05 bits per heavy atom. The summed E-state index contributed by atoms with van der Waals surface area (Å²) in [6, 6.07) is 8.90. The second-order valence-electron chi connectivity index (χ2n) is 5.66. The van der Waals surface area contributed by atoms with E-state index in [1.807, 2.05) is 6.07 Å². The Morgan fingerprint density at radius 1 is 1.33 bits per heavy atom. The number of nitrogens with zero attached hydrogens (tertiary/aromatic N) is 1. The highest BCUT2D eigenvalue weighted by atomic mass is 16.5. The molecule has 0 heterocycles. The summed E-state index contributed by atoms with van der Waals surface area (Å²) in [7, 11) is 0. The molecule has 1 aliphatic carbocycles. The smallest absolute Gasteiger partial charge is 0.226 e. The van der Waals surface area contributed by atoms with E-state index in [-0.39, 0.29) is 5.91 Å². The van der Waals surface area contributed by atoms with Gasteiger partial charge in [0.05, 0.1) is 30.8 Å². The molecule has 0 saturated heterocycles. The van der Waals surface area contributed by atoms with Crippen LogP contribution < -0.4 is 5.32 Å². The van der Waals surface area contributed by atoms with Crippen molar-refractivity contribution >= 4 is 11.6 Å². The van der Waals surface area contributed by atoms with Gasteiger partial charge in [-0.05, 0) is 43.0 Å². The molecule has 1 amide bonds. The number of amides is 1. The Bertz CT molecular complexity index is 505. The van der Waals surface area contributed by atoms with Gasteiger partial charge in [0.2, 0.25) is 5.91 Å². The largest absolute Gasteiger partial charge is 0.377 e. The Morgan fingerprint density at radius 3 is 2.71 bits per heavy atom. The first-order chi connectivity index (χ1) is 10.2. The molecule has 1 aromatic carbocycles. The predicted molar refractivity (Wildman–Crippen MR) is 81.8 cm³/mol. The molecule has 2 unspecified atom stereocenters. The van der Waals surface area contributed by atoms with Crippen molar-refractivity contribution in [2.75, 3.05) is 11.9 Å². The first kappa shape index (κ1) is 15.5. The molecule has 1 N–H and O–H groups in total. The third-order valence-electron chi connectivity index (χ3n) is 3.99. The highest BCUT2D eigenvalue weighted by Gasteiger charge is 2.21. The lowest BCUT2D eigenvalue weighted by atomic mass is 9.88. The summed E-state index contributed by atoms with van der Waals surface area (Å²) in [5.41, 5.74) is 1.30. The van der Waals surface area contributed by atoms with Crippen molar-refractivity contribution in [3.05, 3.63) is 29.8 Å². The van der Waals surface area contributed by atoms with E-state index >= 15 is 0 Å². The lowest BCUT2D eigenvalue weighted by Gasteiger charge is -2.28. The van der Waals surface area contributed by atoms with Crippen molar-refractivity contribution in [2.24, 2.45) is 5.92 Å². The van der Waals surface area contributed by atoms with Crippen molar-refractivity contribution < 1.29 is 9.53 Å². The standard InChI is InChI=1S/C17H22N2O2/c1-13-4-2-3-5-16(13)21-11-10-17(20)19-15-8-6-14(12-18)7-9-15/h6-9,13,16H,2-5,10-11H2,1H3,(H,19,20). The Kier molecular flexibility index (Phi) is 5.77. The molecule has 21 heavy (non-hydrogen) atoms. The van der Waals surface area contributed by atoms with Gasteiger partial charge in [-0.3, -0.25) is 4.79 Å². The molecule has 1 fully saturated rings. The average Bonchev–Trinajstić information content (AvgIpc) is 2.50. The van der Waals surface area contributed by atoms with Crippen LogP contribution in [-0.4, -0.2) is 18.6 Å². The van der Waals surface area contributed by atoms with Crippen LogP contribution in [0.5, 0.6) is 0 Å². The van der Waals surface area contributed by atoms with Crippen LogP contribution in [0.2, 0.25) is 0 Å². The number of carbonyl (C=O) groups is 1. The zero-order chi connectivity index (χ0) is 15.1. The molecule has 0 radical (unpaired) electrons. The molecule has 1 aromatic rings. The third-order valence-corrected chi connectivity index (χ3v) is 3.99. The molecule has 1 aliphatic rings. The lowest BCUT2D eigenvalue weighted by Crippen LogP contribution is -2.27. The molecule has 0 spiro atoms. The highest BCUT2D eigenvalue weighted by molar-refractivity contribution is 5.90. The van der Waals surface area contributed by atoms with Gasteiger partial charge in [-0.2, -0.15) is 5.26 Å². The van der Waals surface area contributed by atoms with Gasteiger partial charge in [-0.25, -0.2) is 0 Å². The quantitative estimate of drug-likeness (QED) is 0.901. The Balaban J connectivity index is 1.70. The minimum atomic E-state index is -0.0526. The van der Waals surface area contributed by atoms with Crippen LogP contribution in [0.3, 0.4) is 0 Å². The van der Waals surface area contributed by atoms with E-state index in [1.165, 1.54) is 19.3 Å². The molecule has 112 valence electrons. The van der Waals surface area contributed by atoms with E-state index in [9.17, 15) is 4.79 Å². The average molecular weight is 286 g/mol. The normalized spacial score (nSPS) is 21.5. The van der Waals surface area contributed by atoms with Crippen LogP contribution in [0.25, 0.3) is 0 Å². The monoisotopic (exact) mass is 286 g/mol. The van der Waals surface area contributed by atoms with E-state index in [2.05, 4.69) is 12.2 Å². The van der Waals surface area contributed by atoms with Gasteiger partial charge in [-0.1, -0.05) is 19.8 Å². The second kappa shape index (κ2) is 7.80. The van der Waals surface area contributed by atoms with Crippen molar-refractivity contribution in [1.29, 1.82) is 5.26 Å². The molecular weight excluding hydrogens is 264 g/mol. The van der Waals surface area contributed by atoms with Gasteiger partial charge in [0.15, 0.2) is 0 Å². The van der Waals surface area contributed by atoms with Gasteiger partial charge in [0.25, 0.3) is 0 Å². The molecule has 2 rings (SSSR count). The van der Waals surface area contributed by atoms with E-state index in [0.717, 1.165) is 6.42 Å². The molecule has 0 aliphatic heterocycles. The summed E-state index contributed by atoms with van der Waals surface area (Å²) in [6.07, 6.45) is 5.53. The van der Waals surface area contributed by atoms with Crippen molar-refractivity contribution in [3.63, 3.8) is 0 Å². The van der Waals surface area contributed by atoms with E-state index < -0.39 is 0 Å². The number of hydrogen-bond donors (Lipinski definition) is 1. The number of ether oxygens (including phenoxy) is 1. The number of carbonyl (C=O) groups excluding carboxylic acids is 1. The SMILES string of the molecule is CC1CCCCC1OCCC(=O)Nc1ccc(C#N)cc1. The van der Waals surface area contributed by atoms with Crippen LogP contribution in [0.15, 0.2) is 24.3 Å². The first-order valence-electron chi connectivity index (χ1n) is 7.60. The number of nitriles is 1. The number of benzene rings is 1. The Labute approximate surface area is 126 Å². The fraction of sp³-hybridized carbons (Fsp3) is 0.529. The molecule has 1 saturated carbocycles. The summed E-state index contributed by atoms with van der Waals surface area (Å²) in [4.78, 5) is 11.8. The van der Waals surface area contributed by atoms with Crippen LogP contribution in [0.1, 0.15) is 44.6 Å². The summed E-state index contributed by atoms with van der Waals surface area (Å²) in [5.74, 6) is 0.545. The molecule has 4 heteroatoms. The van der Waals surface area contributed by atoms with Gasteiger partial charge < -0.3 is 10.1 Å². The predicted octanol–water partition coefficient (Wildman–Crippen LogP) is 3.48. The number of anilines is 1. The van der Waals surface area contributed by atoms with Gasteiger partial charge in [0.1, 0.15) is 0 Å². The minimum Gasteiger partial charge on any atom is -0.377 e. The maximum atomic E-state index is 11.8. The van der Waals surface area contributed by atoms with Crippen molar-refractivity contribution in [3.8, 4) is 6.07 Å². The fourth-order valence-electron chi connectivity index (χ4n) is 2.68. The number of hydrogen-bond acceptors (Lipinski definition) is 3. The zero-order valence-corrected chi connectivity index (χ0v) is 12.5. The maximum Gasteiger partial charge on any atom is 0.226 e. The summed E-state index contributed by atoms with van der Waals surface area (Å²) in [5, 5.41) is 11.5. The zero-order valence-electron chi connectivity index (χ0n) is 12.5. The lowest BCUT2D eigenvalue weighted by molar-refractivity contribution is -0.118. The van der Waals surface area contributed by atoms with Crippen LogP contribution in [-0.2, 0) is 9.53 Å². The maximum absolute atomic E-state index is 11.8. The summed E-state index contributed by atoms with van der Waals surface area (Å²) >= 11 is 0. The molecule has 0 aromatic heterocycles. The van der Waals surface area contributed by atoms with Crippen molar-refractivity contribution in [1.82, 2.24) is 0 Å². The summed E-state index contributed by atoms with van der Waals surface area (Å²) in [6.45, 7) is 2.69. The van der Waals surface area contributed by atoms with Gasteiger partial charge in [0, 0.05) is 5.69 Å². The van der Waals surface area contributed by atoms with Crippen molar-refractivity contribution in [2.45, 2.75) is 45.1 Å². The Hall–Kier alpha value is -1.86. The molecule has 4 nitrogen and oxygen atoms in total. The van der Waals surface area contributed by atoms with E-state index in [1.54, 1.807) is 24.3 Å².